The van der Waals surface area contributed by atoms with Crippen molar-refractivity contribution in [2.24, 2.45) is 0 Å². The fourth-order valence-electron chi connectivity index (χ4n) is 1.69. The van der Waals surface area contributed by atoms with E-state index in [9.17, 15) is 4.79 Å². The highest BCUT2D eigenvalue weighted by Gasteiger charge is 2.16. The van der Waals surface area contributed by atoms with Gasteiger partial charge in [-0.05, 0) is 38.1 Å². The summed E-state index contributed by atoms with van der Waals surface area (Å²) in [7, 11) is 1.63. The third kappa shape index (κ3) is 2.93. The van der Waals surface area contributed by atoms with Gasteiger partial charge in [0, 0.05) is 10.4 Å². The van der Waals surface area contributed by atoms with E-state index in [0.717, 1.165) is 21.9 Å². The molecule has 2 rings (SSSR count). The van der Waals surface area contributed by atoms with Crippen molar-refractivity contribution < 1.29 is 14.3 Å². The molecule has 1 heterocycles. The van der Waals surface area contributed by atoms with Gasteiger partial charge in [0.1, 0.15) is 5.75 Å². The van der Waals surface area contributed by atoms with Crippen molar-refractivity contribution in [3.8, 4) is 17.0 Å². The molecule has 4 nitrogen and oxygen atoms in total. The number of methoxy groups -OCH3 is 1. The van der Waals surface area contributed by atoms with Gasteiger partial charge in [-0.1, -0.05) is 0 Å². The number of benzene rings is 1. The highest BCUT2D eigenvalue weighted by atomic mass is 32.1. The van der Waals surface area contributed by atoms with Gasteiger partial charge in [-0.2, -0.15) is 0 Å². The van der Waals surface area contributed by atoms with Crippen molar-refractivity contribution in [1.82, 2.24) is 4.98 Å². The van der Waals surface area contributed by atoms with Crippen LogP contribution >= 0.6 is 11.3 Å². The lowest BCUT2D eigenvalue weighted by Crippen LogP contribution is -2.03. The van der Waals surface area contributed by atoms with E-state index in [1.165, 1.54) is 11.3 Å². The van der Waals surface area contributed by atoms with Crippen LogP contribution in [-0.4, -0.2) is 24.7 Å². The second-order valence-corrected chi connectivity index (χ2v) is 5.08. The molecule has 100 valence electrons. The van der Waals surface area contributed by atoms with Crippen LogP contribution in [-0.2, 0) is 4.74 Å². The Bertz CT molecular complexity index is 575. The second-order valence-electron chi connectivity index (χ2n) is 3.87. The Balaban J connectivity index is 2.31. The first kappa shape index (κ1) is 13.5. The largest absolute Gasteiger partial charge is 0.497 e. The van der Waals surface area contributed by atoms with Gasteiger partial charge < -0.3 is 9.47 Å². The summed E-state index contributed by atoms with van der Waals surface area (Å²) in [5.74, 6) is 0.428. The van der Waals surface area contributed by atoms with Crippen LogP contribution in [0.4, 0.5) is 0 Å². The van der Waals surface area contributed by atoms with Crippen LogP contribution in [0, 0.1) is 6.92 Å². The van der Waals surface area contributed by atoms with Crippen molar-refractivity contribution in [1.29, 1.82) is 0 Å². The number of aromatic nitrogens is 1. The molecule has 0 unspecified atom stereocenters. The number of esters is 1. The van der Waals surface area contributed by atoms with Crippen LogP contribution in [0.5, 0.6) is 5.75 Å². The van der Waals surface area contributed by atoms with Gasteiger partial charge >= 0.3 is 5.97 Å². The monoisotopic (exact) mass is 277 g/mol. The van der Waals surface area contributed by atoms with Crippen molar-refractivity contribution in [2.45, 2.75) is 13.8 Å². The Morgan fingerprint density at radius 2 is 2.00 bits per heavy atom. The fourth-order valence-corrected chi connectivity index (χ4v) is 2.52. The van der Waals surface area contributed by atoms with Crippen molar-refractivity contribution >= 4 is 17.3 Å². The molecule has 0 atom stereocenters. The van der Waals surface area contributed by atoms with Crippen molar-refractivity contribution in [2.75, 3.05) is 13.7 Å². The quantitative estimate of drug-likeness (QED) is 0.804. The van der Waals surface area contributed by atoms with E-state index in [1.807, 2.05) is 31.2 Å². The zero-order valence-corrected chi connectivity index (χ0v) is 11.9. The Hall–Kier alpha value is -1.88. The first-order chi connectivity index (χ1) is 9.15. The van der Waals surface area contributed by atoms with Crippen molar-refractivity contribution in [3.63, 3.8) is 0 Å². The molecule has 0 saturated carbocycles. The zero-order valence-electron chi connectivity index (χ0n) is 11.1. The molecular weight excluding hydrogens is 262 g/mol. The summed E-state index contributed by atoms with van der Waals surface area (Å²) in [5.41, 5.74) is 1.78. The third-order valence-corrected chi connectivity index (χ3v) is 3.56. The molecule has 0 N–H and O–H groups in total. The summed E-state index contributed by atoms with van der Waals surface area (Å²) >= 11 is 1.35. The maximum absolute atomic E-state index is 11.6. The van der Waals surface area contributed by atoms with Gasteiger partial charge in [-0.3, -0.25) is 0 Å². The average molecular weight is 277 g/mol. The molecule has 1 aromatic carbocycles. The highest BCUT2D eigenvalue weighted by Crippen LogP contribution is 2.29. The summed E-state index contributed by atoms with van der Waals surface area (Å²) in [4.78, 5) is 17.0. The minimum absolute atomic E-state index is 0.356. The Labute approximate surface area is 116 Å². The Kier molecular flexibility index (Phi) is 4.16. The SMILES string of the molecule is CCOC(=O)c1nc(-c2ccc(OC)cc2)c(C)s1. The lowest BCUT2D eigenvalue weighted by molar-refractivity contribution is 0.0526. The smallest absolute Gasteiger partial charge is 0.367 e. The molecule has 0 fully saturated rings. The first-order valence-electron chi connectivity index (χ1n) is 5.94. The number of rotatable bonds is 4. The van der Waals surface area contributed by atoms with Crippen LogP contribution in [0.2, 0.25) is 0 Å². The molecule has 0 aliphatic heterocycles. The number of hydrogen-bond acceptors (Lipinski definition) is 5. The number of carbonyl (C=O) groups excluding carboxylic acids is 1. The average Bonchev–Trinajstić information content (AvgIpc) is 2.81. The highest BCUT2D eigenvalue weighted by molar-refractivity contribution is 7.13. The van der Waals surface area contributed by atoms with Crippen LogP contribution < -0.4 is 4.74 Å². The summed E-state index contributed by atoms with van der Waals surface area (Å²) < 4.78 is 10.1. The number of carbonyl (C=O) groups is 1. The minimum atomic E-state index is -0.365. The maximum atomic E-state index is 11.6. The predicted octanol–water partition coefficient (Wildman–Crippen LogP) is 3.30. The molecule has 2 aromatic rings. The molecule has 0 radical (unpaired) electrons. The lowest BCUT2D eigenvalue weighted by Gasteiger charge is -2.01. The summed E-state index contributed by atoms with van der Waals surface area (Å²) in [5, 5.41) is 0.394. The number of ether oxygens (including phenoxy) is 2. The van der Waals surface area contributed by atoms with E-state index in [-0.39, 0.29) is 5.97 Å². The van der Waals surface area contributed by atoms with Crippen molar-refractivity contribution in [3.05, 3.63) is 34.2 Å². The Morgan fingerprint density at radius 3 is 2.58 bits per heavy atom. The fraction of sp³-hybridized carbons (Fsp3) is 0.286. The molecule has 5 heteroatoms. The Morgan fingerprint density at radius 1 is 1.32 bits per heavy atom. The molecule has 0 spiro atoms. The summed E-state index contributed by atoms with van der Waals surface area (Å²) in [6.07, 6.45) is 0. The van der Waals surface area contributed by atoms with E-state index in [4.69, 9.17) is 9.47 Å². The van der Waals surface area contributed by atoms with Gasteiger partial charge in [0.15, 0.2) is 0 Å². The van der Waals surface area contributed by atoms with Gasteiger partial charge in [0.25, 0.3) is 0 Å². The topological polar surface area (TPSA) is 48.4 Å². The lowest BCUT2D eigenvalue weighted by atomic mass is 10.1. The third-order valence-electron chi connectivity index (χ3n) is 2.61. The summed E-state index contributed by atoms with van der Waals surface area (Å²) in [6.45, 7) is 4.08. The van der Waals surface area contributed by atoms with Crippen LogP contribution in [0.25, 0.3) is 11.3 Å². The standard InChI is InChI=1S/C14H15NO3S/c1-4-18-14(16)13-15-12(9(2)19-13)10-5-7-11(17-3)8-6-10/h5-8H,4H2,1-3H3. The first-order valence-corrected chi connectivity index (χ1v) is 6.76. The number of thiazole rings is 1. The van der Waals surface area contributed by atoms with Gasteiger partial charge in [0.2, 0.25) is 5.01 Å². The summed E-state index contributed by atoms with van der Waals surface area (Å²) in [6, 6.07) is 7.60. The van der Waals surface area contributed by atoms with Crippen LogP contribution in [0.3, 0.4) is 0 Å². The van der Waals surface area contributed by atoms with E-state index in [2.05, 4.69) is 4.98 Å². The molecular formula is C14H15NO3S. The molecule has 0 amide bonds. The molecule has 0 saturated heterocycles. The molecule has 19 heavy (non-hydrogen) atoms. The number of aryl methyl sites for hydroxylation is 1. The zero-order chi connectivity index (χ0) is 13.8. The van der Waals surface area contributed by atoms with E-state index < -0.39 is 0 Å². The number of nitrogens with zero attached hydrogens (tertiary/aromatic N) is 1. The van der Waals surface area contributed by atoms with E-state index in [0.29, 0.717) is 11.6 Å². The molecule has 0 aliphatic carbocycles. The molecule has 0 bridgehead atoms. The second kappa shape index (κ2) is 5.84. The van der Waals surface area contributed by atoms with Gasteiger partial charge in [0.05, 0.1) is 19.4 Å². The van der Waals surface area contributed by atoms with E-state index in [1.54, 1.807) is 14.0 Å². The predicted molar refractivity (Wildman–Crippen MR) is 74.8 cm³/mol. The number of hydrogen-bond donors (Lipinski definition) is 0. The van der Waals surface area contributed by atoms with Gasteiger partial charge in [-0.15, -0.1) is 11.3 Å². The molecule has 1 aromatic heterocycles. The van der Waals surface area contributed by atoms with E-state index >= 15 is 0 Å². The van der Waals surface area contributed by atoms with Crippen LogP contribution in [0.15, 0.2) is 24.3 Å². The van der Waals surface area contributed by atoms with Crippen LogP contribution in [0.1, 0.15) is 21.6 Å². The molecule has 0 aliphatic rings. The maximum Gasteiger partial charge on any atom is 0.367 e. The van der Waals surface area contributed by atoms with Gasteiger partial charge in [-0.25, -0.2) is 9.78 Å². The normalized spacial score (nSPS) is 10.3. The minimum Gasteiger partial charge on any atom is -0.497 e.